The number of nitrogens with zero attached hydrogens (tertiary/aromatic N) is 1. The molecular weight excluding hydrogens is 243 g/mol. The molecule has 0 aliphatic rings. The molecule has 1 N–H and O–H groups in total. The van der Waals surface area contributed by atoms with Gasteiger partial charge in [-0.1, -0.05) is 6.07 Å². The molecule has 19 heavy (non-hydrogen) atoms. The summed E-state index contributed by atoms with van der Waals surface area (Å²) in [5.41, 5.74) is 1.84. The zero-order valence-electron chi connectivity index (χ0n) is 10.9. The lowest BCUT2D eigenvalue weighted by atomic mass is 10.2. The molecule has 0 radical (unpaired) electrons. The molecule has 1 aromatic carbocycles. The van der Waals surface area contributed by atoms with Crippen LogP contribution in [0.15, 0.2) is 42.6 Å². The van der Waals surface area contributed by atoms with Crippen LogP contribution < -0.4 is 10.1 Å². The standard InChI is InChI=1S/C15H17FN2O/c1-17-11-12-8-13(16)10-15(9-12)19-7-5-14-4-2-3-6-18-14/h2-4,6,8-10,17H,5,7,11H2,1H3. The molecule has 0 saturated carbocycles. The minimum atomic E-state index is -0.277. The van der Waals surface area contributed by atoms with Crippen LogP contribution in [0.2, 0.25) is 0 Å². The molecular formula is C15H17FN2O. The van der Waals surface area contributed by atoms with Crippen molar-refractivity contribution in [2.45, 2.75) is 13.0 Å². The minimum absolute atomic E-state index is 0.277. The van der Waals surface area contributed by atoms with Crippen LogP contribution in [0.4, 0.5) is 4.39 Å². The first kappa shape index (κ1) is 13.5. The van der Waals surface area contributed by atoms with Crippen molar-refractivity contribution in [2.75, 3.05) is 13.7 Å². The van der Waals surface area contributed by atoms with E-state index in [0.29, 0.717) is 25.3 Å². The number of halogens is 1. The van der Waals surface area contributed by atoms with E-state index in [1.807, 2.05) is 31.3 Å². The number of ether oxygens (including phenoxy) is 1. The van der Waals surface area contributed by atoms with Gasteiger partial charge in [0.2, 0.25) is 0 Å². The summed E-state index contributed by atoms with van der Waals surface area (Å²) in [6.45, 7) is 1.10. The SMILES string of the molecule is CNCc1cc(F)cc(OCCc2ccccn2)c1. The first-order chi connectivity index (χ1) is 9.28. The van der Waals surface area contributed by atoms with Crippen molar-refractivity contribution in [3.8, 4) is 5.75 Å². The van der Waals surface area contributed by atoms with Gasteiger partial charge in [-0.3, -0.25) is 4.98 Å². The van der Waals surface area contributed by atoms with Gasteiger partial charge in [-0.25, -0.2) is 4.39 Å². The molecule has 0 unspecified atom stereocenters. The van der Waals surface area contributed by atoms with Crippen molar-refractivity contribution in [3.05, 3.63) is 59.7 Å². The third kappa shape index (κ3) is 4.34. The van der Waals surface area contributed by atoms with Crippen molar-refractivity contribution in [1.82, 2.24) is 10.3 Å². The highest BCUT2D eigenvalue weighted by Crippen LogP contribution is 2.16. The van der Waals surface area contributed by atoms with Crippen LogP contribution in [0.1, 0.15) is 11.3 Å². The van der Waals surface area contributed by atoms with Crippen LogP contribution in [-0.4, -0.2) is 18.6 Å². The van der Waals surface area contributed by atoms with E-state index in [1.54, 1.807) is 6.20 Å². The maximum atomic E-state index is 13.4. The van der Waals surface area contributed by atoms with Gasteiger partial charge in [0, 0.05) is 30.9 Å². The third-order valence-corrected chi connectivity index (χ3v) is 2.67. The molecule has 0 aliphatic carbocycles. The van der Waals surface area contributed by atoms with Crippen molar-refractivity contribution in [1.29, 1.82) is 0 Å². The second-order valence-corrected chi connectivity index (χ2v) is 4.25. The first-order valence-electron chi connectivity index (χ1n) is 6.24. The Morgan fingerprint density at radius 1 is 1.26 bits per heavy atom. The fourth-order valence-corrected chi connectivity index (χ4v) is 1.83. The summed E-state index contributed by atoms with van der Waals surface area (Å²) in [6, 6.07) is 10.5. The zero-order valence-corrected chi connectivity index (χ0v) is 10.9. The molecule has 1 heterocycles. The molecule has 0 fully saturated rings. The lowest BCUT2D eigenvalue weighted by Gasteiger charge is -2.08. The Hall–Kier alpha value is -1.94. The van der Waals surface area contributed by atoms with Gasteiger partial charge >= 0.3 is 0 Å². The van der Waals surface area contributed by atoms with Crippen LogP contribution in [-0.2, 0) is 13.0 Å². The molecule has 3 nitrogen and oxygen atoms in total. The van der Waals surface area contributed by atoms with Gasteiger partial charge in [0.1, 0.15) is 11.6 Å². The molecule has 0 saturated heterocycles. The van der Waals surface area contributed by atoms with Gasteiger partial charge in [0.25, 0.3) is 0 Å². The van der Waals surface area contributed by atoms with Crippen LogP contribution in [0.5, 0.6) is 5.75 Å². The maximum Gasteiger partial charge on any atom is 0.127 e. The van der Waals surface area contributed by atoms with Gasteiger partial charge in [0.15, 0.2) is 0 Å². The average Bonchev–Trinajstić information content (AvgIpc) is 2.40. The maximum absolute atomic E-state index is 13.4. The lowest BCUT2D eigenvalue weighted by Crippen LogP contribution is -2.07. The Morgan fingerprint density at radius 3 is 2.89 bits per heavy atom. The summed E-state index contributed by atoms with van der Waals surface area (Å²) in [4.78, 5) is 4.21. The topological polar surface area (TPSA) is 34.1 Å². The second-order valence-electron chi connectivity index (χ2n) is 4.25. The normalized spacial score (nSPS) is 10.4. The predicted octanol–water partition coefficient (Wildman–Crippen LogP) is 2.56. The lowest BCUT2D eigenvalue weighted by molar-refractivity contribution is 0.318. The van der Waals surface area contributed by atoms with Crippen molar-refractivity contribution in [3.63, 3.8) is 0 Å². The summed E-state index contributed by atoms with van der Waals surface area (Å²) in [5.74, 6) is 0.279. The van der Waals surface area contributed by atoms with E-state index in [2.05, 4.69) is 10.3 Å². The smallest absolute Gasteiger partial charge is 0.127 e. The second kappa shape index (κ2) is 6.85. The Bertz CT molecular complexity index is 517. The number of hydrogen-bond donors (Lipinski definition) is 1. The van der Waals surface area contributed by atoms with Gasteiger partial charge in [-0.2, -0.15) is 0 Å². The number of aromatic nitrogens is 1. The summed E-state index contributed by atoms with van der Waals surface area (Å²) < 4.78 is 19.0. The largest absolute Gasteiger partial charge is 0.493 e. The van der Waals surface area contributed by atoms with E-state index in [9.17, 15) is 4.39 Å². The van der Waals surface area contributed by atoms with Crippen LogP contribution in [0.3, 0.4) is 0 Å². The molecule has 0 amide bonds. The highest BCUT2D eigenvalue weighted by molar-refractivity contribution is 5.29. The van der Waals surface area contributed by atoms with Crippen LogP contribution in [0, 0.1) is 5.82 Å². The Kier molecular flexibility index (Phi) is 4.86. The van der Waals surface area contributed by atoms with Gasteiger partial charge < -0.3 is 10.1 Å². The van der Waals surface area contributed by atoms with E-state index >= 15 is 0 Å². The Labute approximate surface area is 112 Å². The summed E-state index contributed by atoms with van der Waals surface area (Å²) in [7, 11) is 1.83. The average molecular weight is 260 g/mol. The van der Waals surface area contributed by atoms with E-state index in [4.69, 9.17) is 4.74 Å². The fraction of sp³-hybridized carbons (Fsp3) is 0.267. The first-order valence-corrected chi connectivity index (χ1v) is 6.24. The molecule has 0 atom stereocenters. The molecule has 0 spiro atoms. The van der Waals surface area contributed by atoms with Crippen LogP contribution >= 0.6 is 0 Å². The molecule has 4 heteroatoms. The fourth-order valence-electron chi connectivity index (χ4n) is 1.83. The summed E-state index contributed by atoms with van der Waals surface area (Å²) in [6.07, 6.45) is 2.46. The Balaban J connectivity index is 1.92. The van der Waals surface area contributed by atoms with E-state index in [1.165, 1.54) is 12.1 Å². The van der Waals surface area contributed by atoms with E-state index in [-0.39, 0.29) is 5.82 Å². The number of benzene rings is 1. The third-order valence-electron chi connectivity index (χ3n) is 2.67. The molecule has 2 aromatic rings. The molecule has 0 aliphatic heterocycles. The van der Waals surface area contributed by atoms with Gasteiger partial charge in [-0.05, 0) is 36.9 Å². The molecule has 0 bridgehead atoms. The van der Waals surface area contributed by atoms with Crippen molar-refractivity contribution in [2.24, 2.45) is 0 Å². The van der Waals surface area contributed by atoms with Crippen LogP contribution in [0.25, 0.3) is 0 Å². The highest BCUT2D eigenvalue weighted by atomic mass is 19.1. The zero-order chi connectivity index (χ0) is 13.5. The minimum Gasteiger partial charge on any atom is -0.493 e. The van der Waals surface area contributed by atoms with Crippen molar-refractivity contribution < 1.29 is 9.13 Å². The van der Waals surface area contributed by atoms with Crippen molar-refractivity contribution >= 4 is 0 Å². The number of hydrogen-bond acceptors (Lipinski definition) is 3. The Morgan fingerprint density at radius 2 is 2.16 bits per heavy atom. The van der Waals surface area contributed by atoms with Gasteiger partial charge in [0.05, 0.1) is 6.61 Å². The van der Waals surface area contributed by atoms with Gasteiger partial charge in [-0.15, -0.1) is 0 Å². The number of nitrogens with one attached hydrogen (secondary N) is 1. The van der Waals surface area contributed by atoms with E-state index in [0.717, 1.165) is 11.3 Å². The summed E-state index contributed by atoms with van der Waals surface area (Å²) >= 11 is 0. The molecule has 2 rings (SSSR count). The highest BCUT2D eigenvalue weighted by Gasteiger charge is 2.02. The monoisotopic (exact) mass is 260 g/mol. The molecule has 1 aromatic heterocycles. The molecule has 100 valence electrons. The van der Waals surface area contributed by atoms with E-state index < -0.39 is 0 Å². The summed E-state index contributed by atoms with van der Waals surface area (Å²) in [5, 5.41) is 2.99. The number of rotatable bonds is 6. The number of pyridine rings is 1. The predicted molar refractivity (Wildman–Crippen MR) is 72.6 cm³/mol. The quantitative estimate of drug-likeness (QED) is 0.866.